The second kappa shape index (κ2) is 12.0. The molecule has 0 spiro atoms. The van der Waals surface area contributed by atoms with E-state index < -0.39 is 40.3 Å². The van der Waals surface area contributed by atoms with Crippen LogP contribution in [0.1, 0.15) is 11.1 Å². The average molecular weight is 644 g/mol. The van der Waals surface area contributed by atoms with Crippen molar-refractivity contribution in [3.05, 3.63) is 113 Å². The molecule has 4 aromatic carbocycles. The summed E-state index contributed by atoms with van der Waals surface area (Å²) in [5.74, 6) is -0.542. The number of hydrogen-bond acceptors (Lipinski definition) is 6. The number of nitrogens with one attached hydrogen (secondary N) is 1. The van der Waals surface area contributed by atoms with Crippen molar-refractivity contribution in [3.63, 3.8) is 0 Å². The summed E-state index contributed by atoms with van der Waals surface area (Å²) in [6.45, 7) is 0.468. The lowest BCUT2D eigenvalue weighted by Gasteiger charge is -2.48. The molecule has 4 aromatic rings. The van der Waals surface area contributed by atoms with E-state index in [-0.39, 0.29) is 11.4 Å². The number of anilines is 3. The molecule has 2 aliphatic heterocycles. The summed E-state index contributed by atoms with van der Waals surface area (Å²) < 4.78 is 71.5. The van der Waals surface area contributed by atoms with Crippen LogP contribution in [0.25, 0.3) is 0 Å². The zero-order chi connectivity index (χ0) is 31.1. The van der Waals surface area contributed by atoms with E-state index in [0.29, 0.717) is 11.6 Å². The smallest absolute Gasteiger partial charge is 0.406 e. The summed E-state index contributed by atoms with van der Waals surface area (Å²) in [7, 11) is -4.27. The lowest BCUT2D eigenvalue weighted by molar-refractivity contribution is -0.274. The monoisotopic (exact) mass is 643 g/mol. The van der Waals surface area contributed by atoms with Crippen LogP contribution in [-0.2, 0) is 22.9 Å². The predicted molar refractivity (Wildman–Crippen MR) is 163 cm³/mol. The molecule has 0 aliphatic carbocycles. The summed E-state index contributed by atoms with van der Waals surface area (Å²) in [5, 5.41) is 12.5. The Morgan fingerprint density at radius 3 is 2.05 bits per heavy atom. The van der Waals surface area contributed by atoms with E-state index in [2.05, 4.69) is 26.5 Å². The minimum atomic E-state index is -4.91. The Kier molecular flexibility index (Phi) is 8.23. The fraction of sp³-hybridized carbons (Fsp3) is 0.250. The van der Waals surface area contributed by atoms with E-state index in [1.165, 1.54) is 0 Å². The van der Waals surface area contributed by atoms with Crippen molar-refractivity contribution in [1.82, 2.24) is 4.72 Å². The van der Waals surface area contributed by atoms with E-state index in [1.54, 1.807) is 18.2 Å². The van der Waals surface area contributed by atoms with E-state index >= 15 is 0 Å². The molecule has 1 fully saturated rings. The number of aliphatic hydroxyl groups is 1. The van der Waals surface area contributed by atoms with Gasteiger partial charge in [-0.15, -0.1) is 13.2 Å². The number of halogens is 4. The summed E-state index contributed by atoms with van der Waals surface area (Å²) in [5.41, 5.74) is 4.82. The average Bonchev–Trinajstić information content (AvgIpc) is 3.15. The van der Waals surface area contributed by atoms with Crippen LogP contribution >= 0.6 is 11.6 Å². The second-order valence-corrected chi connectivity index (χ2v) is 13.0. The number of sulfonamides is 1. The Balaban J connectivity index is 1.39. The van der Waals surface area contributed by atoms with E-state index in [9.17, 15) is 26.7 Å². The number of piperidine rings is 1. The molecule has 230 valence electrons. The standard InChI is InChI=1S/C32H29ClF3N3O4S/c33-23-8-5-9-24(18-23)38-19-27(37-44(41,42)26-16-14-25(15-17-26)43-32(34,35)36)31(40)30(20-38)39-28-10-3-1-6-21(28)12-13-22-7-2-4-11-29(22)39/h1-11,14-18,27,30-31,37,40H,12-13,19-20H2/t27?,30?,31-/m0/s1. The van der Waals surface area contributed by atoms with Crippen LogP contribution in [0.2, 0.25) is 5.02 Å². The summed E-state index contributed by atoms with van der Waals surface area (Å²) in [6, 6.07) is 25.5. The molecule has 7 nitrogen and oxygen atoms in total. The molecule has 0 radical (unpaired) electrons. The lowest BCUT2D eigenvalue weighted by Crippen LogP contribution is -2.65. The maximum atomic E-state index is 13.5. The third-order valence-electron chi connectivity index (χ3n) is 7.98. The molecule has 44 heavy (non-hydrogen) atoms. The number of benzene rings is 4. The number of hydrogen-bond donors (Lipinski definition) is 2. The summed E-state index contributed by atoms with van der Waals surface area (Å²) in [4.78, 5) is 3.82. The highest BCUT2D eigenvalue weighted by atomic mass is 35.5. The van der Waals surface area contributed by atoms with Crippen molar-refractivity contribution in [1.29, 1.82) is 0 Å². The van der Waals surface area contributed by atoms with Gasteiger partial charge in [0, 0.05) is 35.2 Å². The zero-order valence-corrected chi connectivity index (χ0v) is 24.9. The van der Waals surface area contributed by atoms with Gasteiger partial charge in [-0.25, -0.2) is 13.1 Å². The number of fused-ring (bicyclic) bond motifs is 2. The van der Waals surface area contributed by atoms with Crippen molar-refractivity contribution < 1.29 is 31.4 Å². The lowest BCUT2D eigenvalue weighted by atomic mass is 9.94. The number of rotatable bonds is 6. The maximum absolute atomic E-state index is 13.5. The van der Waals surface area contributed by atoms with Gasteiger partial charge in [0.25, 0.3) is 0 Å². The van der Waals surface area contributed by atoms with Crippen LogP contribution in [-0.4, -0.2) is 51.2 Å². The molecular weight excluding hydrogens is 615 g/mol. The van der Waals surface area contributed by atoms with Crippen molar-refractivity contribution in [2.75, 3.05) is 22.9 Å². The van der Waals surface area contributed by atoms with Gasteiger partial charge in [-0.3, -0.25) is 0 Å². The SMILES string of the molecule is O=S(=O)(NC1CN(c2cccc(Cl)c2)CC(N2c3ccccc3CCc3ccccc32)[C@H]1O)c1ccc(OC(F)(F)F)cc1. The van der Waals surface area contributed by atoms with Crippen LogP contribution in [0.15, 0.2) is 102 Å². The number of alkyl halides is 3. The third kappa shape index (κ3) is 6.37. The topological polar surface area (TPSA) is 82.1 Å². The Hall–Kier alpha value is -3.77. The van der Waals surface area contributed by atoms with Crippen molar-refractivity contribution in [2.24, 2.45) is 0 Å². The number of ether oxygens (including phenoxy) is 1. The molecular formula is C32H29ClF3N3O4S. The molecule has 0 aromatic heterocycles. The number of para-hydroxylation sites is 2. The van der Waals surface area contributed by atoms with Gasteiger partial charge < -0.3 is 19.6 Å². The minimum Gasteiger partial charge on any atom is -0.406 e. The van der Waals surface area contributed by atoms with Gasteiger partial charge in [-0.1, -0.05) is 54.1 Å². The van der Waals surface area contributed by atoms with Gasteiger partial charge in [-0.05, 0) is 78.6 Å². The van der Waals surface area contributed by atoms with Gasteiger partial charge in [0.1, 0.15) is 5.75 Å². The highest BCUT2D eigenvalue weighted by Crippen LogP contribution is 2.40. The molecule has 12 heteroatoms. The van der Waals surface area contributed by atoms with Crippen molar-refractivity contribution in [3.8, 4) is 5.75 Å². The van der Waals surface area contributed by atoms with E-state index in [4.69, 9.17) is 11.6 Å². The van der Waals surface area contributed by atoms with Crippen LogP contribution in [0, 0.1) is 0 Å². The largest absolute Gasteiger partial charge is 0.573 e. The molecule has 6 rings (SSSR count). The van der Waals surface area contributed by atoms with Crippen molar-refractivity contribution >= 4 is 38.7 Å². The summed E-state index contributed by atoms with van der Waals surface area (Å²) >= 11 is 6.33. The predicted octanol–water partition coefficient (Wildman–Crippen LogP) is 6.07. The van der Waals surface area contributed by atoms with Gasteiger partial charge in [0.2, 0.25) is 10.0 Å². The Morgan fingerprint density at radius 2 is 1.45 bits per heavy atom. The first kappa shape index (κ1) is 30.3. The third-order valence-corrected chi connectivity index (χ3v) is 9.72. The molecule has 0 amide bonds. The molecule has 2 unspecified atom stereocenters. The Morgan fingerprint density at radius 1 is 0.841 bits per heavy atom. The van der Waals surface area contributed by atoms with E-state index in [0.717, 1.165) is 65.3 Å². The fourth-order valence-corrected chi connectivity index (χ4v) is 7.43. The minimum absolute atomic E-state index is 0.115. The molecule has 2 N–H and O–H groups in total. The van der Waals surface area contributed by atoms with Crippen LogP contribution in [0.5, 0.6) is 5.75 Å². The first-order valence-corrected chi connectivity index (χ1v) is 15.9. The first-order chi connectivity index (χ1) is 21.0. The number of aliphatic hydroxyl groups excluding tert-OH is 1. The van der Waals surface area contributed by atoms with E-state index in [1.807, 2.05) is 47.4 Å². The van der Waals surface area contributed by atoms with Gasteiger partial charge in [-0.2, -0.15) is 0 Å². The molecule has 0 saturated carbocycles. The maximum Gasteiger partial charge on any atom is 0.573 e. The molecule has 0 bridgehead atoms. The normalized spacial score (nSPS) is 20.4. The number of nitrogens with zero attached hydrogens (tertiary/aromatic N) is 2. The quantitative estimate of drug-likeness (QED) is 0.265. The first-order valence-electron chi connectivity index (χ1n) is 14.0. The Bertz CT molecular complexity index is 1710. The van der Waals surface area contributed by atoms with Gasteiger partial charge in [0.05, 0.1) is 23.1 Å². The second-order valence-electron chi connectivity index (χ2n) is 10.8. The van der Waals surface area contributed by atoms with Crippen LogP contribution in [0.3, 0.4) is 0 Å². The van der Waals surface area contributed by atoms with Crippen molar-refractivity contribution in [2.45, 2.75) is 42.3 Å². The molecule has 1 saturated heterocycles. The van der Waals surface area contributed by atoms with Crippen LogP contribution in [0.4, 0.5) is 30.2 Å². The van der Waals surface area contributed by atoms with Crippen LogP contribution < -0.4 is 19.3 Å². The highest BCUT2D eigenvalue weighted by Gasteiger charge is 2.43. The van der Waals surface area contributed by atoms with Gasteiger partial charge in [0.15, 0.2) is 0 Å². The Labute approximate surface area is 258 Å². The number of aryl methyl sites for hydroxylation is 2. The zero-order valence-electron chi connectivity index (χ0n) is 23.3. The summed E-state index contributed by atoms with van der Waals surface area (Å²) in [6.07, 6.45) is -4.48. The molecule has 3 atom stereocenters. The molecule has 2 heterocycles. The van der Waals surface area contributed by atoms with Gasteiger partial charge >= 0.3 is 6.36 Å². The fourth-order valence-electron chi connectivity index (χ4n) is 6.01. The molecule has 2 aliphatic rings. The highest BCUT2D eigenvalue weighted by molar-refractivity contribution is 7.89.